The first-order valence-corrected chi connectivity index (χ1v) is 6.98. The lowest BCUT2D eigenvalue weighted by Gasteiger charge is -2.29. The third kappa shape index (κ3) is 4.02. The van der Waals surface area contributed by atoms with Crippen molar-refractivity contribution in [2.75, 3.05) is 21.3 Å². The van der Waals surface area contributed by atoms with E-state index in [9.17, 15) is 5.11 Å². The molecule has 2 atom stereocenters. The Morgan fingerprint density at radius 2 is 1.62 bits per heavy atom. The minimum atomic E-state index is -0.728. The molecule has 5 nitrogen and oxygen atoms in total. The number of hydrogen-bond donors (Lipinski definition) is 2. The largest absolute Gasteiger partial charge is 0.493 e. The lowest BCUT2D eigenvalue weighted by molar-refractivity contribution is 0.130. The molecule has 0 heterocycles. The summed E-state index contributed by atoms with van der Waals surface area (Å²) in [5.41, 5.74) is 6.72. The Balaban J connectivity index is 3.12. The molecule has 1 aromatic carbocycles. The van der Waals surface area contributed by atoms with Gasteiger partial charge in [-0.3, -0.25) is 0 Å². The van der Waals surface area contributed by atoms with E-state index in [0.717, 1.165) is 0 Å². The number of aliphatic hydroxyl groups is 1. The molecule has 0 aliphatic heterocycles. The number of aliphatic hydroxyl groups excluding tert-OH is 1. The lowest BCUT2D eigenvalue weighted by atomic mass is 9.83. The fourth-order valence-corrected chi connectivity index (χ4v) is 2.11. The van der Waals surface area contributed by atoms with Crippen molar-refractivity contribution in [3.05, 3.63) is 17.7 Å². The second-order valence-electron chi connectivity index (χ2n) is 6.15. The molecule has 0 bridgehead atoms. The van der Waals surface area contributed by atoms with Gasteiger partial charge in [-0.2, -0.15) is 0 Å². The van der Waals surface area contributed by atoms with Crippen LogP contribution >= 0.6 is 0 Å². The summed E-state index contributed by atoms with van der Waals surface area (Å²) in [7, 11) is 4.64. The van der Waals surface area contributed by atoms with Crippen LogP contribution in [0, 0.1) is 5.41 Å². The van der Waals surface area contributed by atoms with Crippen LogP contribution in [0.3, 0.4) is 0 Å². The smallest absolute Gasteiger partial charge is 0.203 e. The maximum atomic E-state index is 10.5. The summed E-state index contributed by atoms with van der Waals surface area (Å²) in [5.74, 6) is 1.51. The topological polar surface area (TPSA) is 73.9 Å². The van der Waals surface area contributed by atoms with E-state index in [1.54, 1.807) is 19.2 Å². The molecule has 0 unspecified atom stereocenters. The van der Waals surface area contributed by atoms with Crippen LogP contribution < -0.4 is 19.9 Å². The van der Waals surface area contributed by atoms with Crippen molar-refractivity contribution in [1.29, 1.82) is 0 Å². The van der Waals surface area contributed by atoms with E-state index in [1.165, 1.54) is 14.2 Å². The molecular weight excluding hydrogens is 270 g/mol. The molecule has 0 aliphatic rings. The summed E-state index contributed by atoms with van der Waals surface area (Å²) in [6.07, 6.45) is -0.288. The van der Waals surface area contributed by atoms with Crippen molar-refractivity contribution in [3.8, 4) is 17.2 Å². The monoisotopic (exact) mass is 297 g/mol. The molecule has 0 fully saturated rings. The van der Waals surface area contributed by atoms with Crippen molar-refractivity contribution in [1.82, 2.24) is 0 Å². The number of ether oxygens (including phenoxy) is 3. The van der Waals surface area contributed by atoms with Crippen LogP contribution in [0.4, 0.5) is 0 Å². The van der Waals surface area contributed by atoms with E-state index in [-0.39, 0.29) is 11.5 Å². The minimum absolute atomic E-state index is 0.0786. The number of methoxy groups -OCH3 is 3. The maximum Gasteiger partial charge on any atom is 0.203 e. The Hall–Kier alpha value is -1.46. The van der Waals surface area contributed by atoms with Gasteiger partial charge in [-0.15, -0.1) is 0 Å². The van der Waals surface area contributed by atoms with Crippen molar-refractivity contribution < 1.29 is 19.3 Å². The summed E-state index contributed by atoms with van der Waals surface area (Å²) in [6.45, 7) is 6.16. The number of nitrogens with two attached hydrogens (primary N) is 1. The fourth-order valence-electron chi connectivity index (χ4n) is 2.11. The van der Waals surface area contributed by atoms with Gasteiger partial charge in [-0.1, -0.05) is 20.8 Å². The van der Waals surface area contributed by atoms with Crippen LogP contribution in [0.25, 0.3) is 0 Å². The second kappa shape index (κ2) is 7.00. The van der Waals surface area contributed by atoms with Crippen molar-refractivity contribution in [2.45, 2.75) is 39.3 Å². The van der Waals surface area contributed by atoms with Gasteiger partial charge in [0.1, 0.15) is 0 Å². The van der Waals surface area contributed by atoms with Crippen LogP contribution in [-0.4, -0.2) is 32.5 Å². The summed E-state index contributed by atoms with van der Waals surface area (Å²) >= 11 is 0. The number of benzene rings is 1. The van der Waals surface area contributed by atoms with Gasteiger partial charge in [0.15, 0.2) is 11.5 Å². The minimum Gasteiger partial charge on any atom is -0.493 e. The SMILES string of the molecule is COc1ccc([C@H](O)C[C@@H](N)C(C)(C)C)c(OC)c1OC. The van der Waals surface area contributed by atoms with Gasteiger partial charge >= 0.3 is 0 Å². The first-order chi connectivity index (χ1) is 9.76. The third-order valence-electron chi connectivity index (χ3n) is 3.68. The van der Waals surface area contributed by atoms with Crippen LogP contribution in [0.5, 0.6) is 17.2 Å². The summed E-state index contributed by atoms with van der Waals surface area (Å²) in [4.78, 5) is 0. The Morgan fingerprint density at radius 1 is 1.05 bits per heavy atom. The Bertz CT molecular complexity index is 468. The first kappa shape index (κ1) is 17.6. The Labute approximate surface area is 127 Å². The molecule has 21 heavy (non-hydrogen) atoms. The lowest BCUT2D eigenvalue weighted by Crippen LogP contribution is -2.36. The molecule has 0 spiro atoms. The molecule has 0 saturated carbocycles. The molecule has 5 heteroatoms. The average Bonchev–Trinajstić information content (AvgIpc) is 2.43. The molecule has 0 radical (unpaired) electrons. The highest BCUT2D eigenvalue weighted by Gasteiger charge is 2.27. The summed E-state index contributed by atoms with van der Waals surface area (Å²) < 4.78 is 16.0. The molecule has 120 valence electrons. The standard InChI is InChI=1S/C16H27NO4/c1-16(2,3)13(17)9-11(18)10-7-8-12(19-4)15(21-6)14(10)20-5/h7-8,11,13,18H,9,17H2,1-6H3/t11-,13-/m1/s1. The first-order valence-electron chi connectivity index (χ1n) is 6.98. The van der Waals surface area contributed by atoms with Crippen molar-refractivity contribution in [2.24, 2.45) is 11.1 Å². The predicted molar refractivity (Wildman–Crippen MR) is 83.1 cm³/mol. The fraction of sp³-hybridized carbons (Fsp3) is 0.625. The van der Waals surface area contributed by atoms with Gasteiger partial charge in [0.25, 0.3) is 0 Å². The van der Waals surface area contributed by atoms with E-state index >= 15 is 0 Å². The van der Waals surface area contributed by atoms with Gasteiger partial charge in [0, 0.05) is 11.6 Å². The molecule has 1 rings (SSSR count). The van der Waals surface area contributed by atoms with Gasteiger partial charge < -0.3 is 25.1 Å². The van der Waals surface area contributed by atoms with Crippen LogP contribution in [-0.2, 0) is 0 Å². The molecule has 1 aromatic rings. The van der Waals surface area contributed by atoms with Crippen LogP contribution in [0.2, 0.25) is 0 Å². The van der Waals surface area contributed by atoms with Gasteiger partial charge in [-0.25, -0.2) is 0 Å². The highest BCUT2D eigenvalue weighted by molar-refractivity contribution is 5.56. The van der Waals surface area contributed by atoms with Gasteiger partial charge in [0.2, 0.25) is 5.75 Å². The quantitative estimate of drug-likeness (QED) is 0.844. The maximum absolute atomic E-state index is 10.5. The molecule has 0 aromatic heterocycles. The van der Waals surface area contributed by atoms with E-state index in [2.05, 4.69) is 20.8 Å². The molecule has 0 aliphatic carbocycles. The Kier molecular flexibility index (Phi) is 5.87. The highest BCUT2D eigenvalue weighted by Crippen LogP contribution is 2.43. The van der Waals surface area contributed by atoms with Gasteiger partial charge in [0.05, 0.1) is 27.4 Å². The van der Waals surface area contributed by atoms with E-state index < -0.39 is 6.10 Å². The van der Waals surface area contributed by atoms with Crippen molar-refractivity contribution in [3.63, 3.8) is 0 Å². The van der Waals surface area contributed by atoms with E-state index in [0.29, 0.717) is 29.2 Å². The Morgan fingerprint density at radius 3 is 2.05 bits per heavy atom. The van der Waals surface area contributed by atoms with Gasteiger partial charge in [-0.05, 0) is 24.0 Å². The third-order valence-corrected chi connectivity index (χ3v) is 3.68. The highest BCUT2D eigenvalue weighted by atomic mass is 16.5. The summed E-state index contributed by atoms with van der Waals surface area (Å²) in [6, 6.07) is 3.40. The van der Waals surface area contributed by atoms with E-state index in [4.69, 9.17) is 19.9 Å². The normalized spacial score (nSPS) is 14.5. The van der Waals surface area contributed by atoms with E-state index in [1.807, 2.05) is 0 Å². The number of hydrogen-bond acceptors (Lipinski definition) is 5. The zero-order valence-electron chi connectivity index (χ0n) is 13.8. The summed E-state index contributed by atoms with van der Waals surface area (Å²) in [5, 5.41) is 10.5. The number of rotatable bonds is 6. The zero-order chi connectivity index (χ0) is 16.2. The molecule has 0 saturated heterocycles. The van der Waals surface area contributed by atoms with Crippen LogP contribution in [0.15, 0.2) is 12.1 Å². The van der Waals surface area contributed by atoms with Crippen molar-refractivity contribution >= 4 is 0 Å². The average molecular weight is 297 g/mol. The zero-order valence-corrected chi connectivity index (χ0v) is 13.8. The molecule has 3 N–H and O–H groups in total. The second-order valence-corrected chi connectivity index (χ2v) is 6.15. The van der Waals surface area contributed by atoms with Crippen LogP contribution in [0.1, 0.15) is 38.9 Å². The molecular formula is C16H27NO4. The molecule has 0 amide bonds. The predicted octanol–water partition coefficient (Wildman–Crippen LogP) is 2.51.